The van der Waals surface area contributed by atoms with E-state index in [1.54, 1.807) is 19.1 Å². The number of ketones is 1. The van der Waals surface area contributed by atoms with E-state index < -0.39 is 6.04 Å². The van der Waals surface area contributed by atoms with E-state index in [1.165, 1.54) is 7.11 Å². The maximum Gasteiger partial charge on any atom is 0.179 e. The molecule has 2 N–H and O–H groups in total. The molecule has 15 heavy (non-hydrogen) atoms. The molecular formula is C11H14ClNO2. The normalized spacial score (nSPS) is 12.3. The van der Waals surface area contributed by atoms with E-state index in [-0.39, 0.29) is 5.78 Å². The lowest BCUT2D eigenvalue weighted by Crippen LogP contribution is -2.26. The first-order valence-electron chi connectivity index (χ1n) is 4.61. The van der Waals surface area contributed by atoms with Gasteiger partial charge in [-0.1, -0.05) is 11.6 Å². The fourth-order valence-electron chi connectivity index (χ4n) is 1.29. The maximum absolute atomic E-state index is 11.7. The molecule has 0 aliphatic heterocycles. The largest absolute Gasteiger partial charge is 0.495 e. The molecule has 1 aromatic carbocycles. The van der Waals surface area contributed by atoms with Crippen molar-refractivity contribution in [1.82, 2.24) is 0 Å². The van der Waals surface area contributed by atoms with Gasteiger partial charge in [0, 0.05) is 5.56 Å². The van der Waals surface area contributed by atoms with Crippen LogP contribution in [0.5, 0.6) is 5.75 Å². The van der Waals surface area contributed by atoms with Crippen LogP contribution in [0.4, 0.5) is 0 Å². The molecule has 0 bridgehead atoms. The first-order chi connectivity index (χ1) is 6.97. The number of hydrogen-bond donors (Lipinski definition) is 1. The molecular weight excluding hydrogens is 214 g/mol. The predicted molar refractivity (Wildman–Crippen MR) is 60.7 cm³/mol. The predicted octanol–water partition coefficient (Wildman–Crippen LogP) is 2.19. The van der Waals surface area contributed by atoms with Crippen LogP contribution in [0.2, 0.25) is 5.02 Å². The third-order valence-electron chi connectivity index (χ3n) is 2.14. The van der Waals surface area contributed by atoms with Gasteiger partial charge in [0.15, 0.2) is 5.78 Å². The minimum Gasteiger partial charge on any atom is -0.495 e. The summed E-state index contributed by atoms with van der Waals surface area (Å²) >= 11 is 5.98. The van der Waals surface area contributed by atoms with Gasteiger partial charge in [-0.2, -0.15) is 0 Å². The van der Waals surface area contributed by atoms with Crippen molar-refractivity contribution in [2.75, 3.05) is 7.11 Å². The number of Topliss-reactive ketones (excluding diaryl/α,β-unsaturated/α-hetero) is 1. The number of rotatable bonds is 3. The number of methoxy groups -OCH3 is 1. The van der Waals surface area contributed by atoms with Crippen molar-refractivity contribution < 1.29 is 9.53 Å². The summed E-state index contributed by atoms with van der Waals surface area (Å²) in [5.41, 5.74) is 6.86. The molecule has 82 valence electrons. The molecule has 1 aromatic rings. The summed E-state index contributed by atoms with van der Waals surface area (Å²) in [5.74, 6) is 0.383. The number of carbonyl (C=O) groups is 1. The van der Waals surface area contributed by atoms with E-state index in [0.29, 0.717) is 16.3 Å². The fourth-order valence-corrected chi connectivity index (χ4v) is 1.48. The summed E-state index contributed by atoms with van der Waals surface area (Å²) in [4.78, 5) is 11.7. The Labute approximate surface area is 94.2 Å². The van der Waals surface area contributed by atoms with Crippen molar-refractivity contribution >= 4 is 17.4 Å². The van der Waals surface area contributed by atoms with Gasteiger partial charge in [-0.3, -0.25) is 4.79 Å². The van der Waals surface area contributed by atoms with Gasteiger partial charge in [0.05, 0.1) is 18.2 Å². The molecule has 0 fully saturated rings. The summed E-state index contributed by atoms with van der Waals surface area (Å²) < 4.78 is 5.07. The zero-order valence-corrected chi connectivity index (χ0v) is 9.76. The minimum atomic E-state index is -0.518. The molecule has 1 unspecified atom stereocenters. The van der Waals surface area contributed by atoms with Crippen molar-refractivity contribution in [3.63, 3.8) is 0 Å². The number of benzene rings is 1. The van der Waals surface area contributed by atoms with Gasteiger partial charge in [-0.05, 0) is 31.5 Å². The number of hydrogen-bond acceptors (Lipinski definition) is 3. The summed E-state index contributed by atoms with van der Waals surface area (Å²) in [6.07, 6.45) is 0. The van der Waals surface area contributed by atoms with Crippen LogP contribution in [-0.2, 0) is 0 Å². The molecule has 0 saturated heterocycles. The molecule has 0 saturated carbocycles. The quantitative estimate of drug-likeness (QED) is 0.806. The number of ether oxygens (including phenoxy) is 1. The van der Waals surface area contributed by atoms with E-state index >= 15 is 0 Å². The molecule has 0 spiro atoms. The number of carbonyl (C=O) groups excluding carboxylic acids is 1. The molecule has 0 amide bonds. The van der Waals surface area contributed by atoms with Crippen LogP contribution in [-0.4, -0.2) is 18.9 Å². The topological polar surface area (TPSA) is 52.3 Å². The molecule has 0 aliphatic carbocycles. The minimum absolute atomic E-state index is 0.118. The van der Waals surface area contributed by atoms with E-state index in [2.05, 4.69) is 0 Å². The van der Waals surface area contributed by atoms with Crippen molar-refractivity contribution in [3.8, 4) is 5.75 Å². The Kier molecular flexibility index (Phi) is 3.72. The Morgan fingerprint density at radius 1 is 1.53 bits per heavy atom. The zero-order chi connectivity index (χ0) is 11.6. The van der Waals surface area contributed by atoms with E-state index in [4.69, 9.17) is 22.1 Å². The van der Waals surface area contributed by atoms with E-state index in [1.807, 2.05) is 6.92 Å². The molecule has 4 heteroatoms. The lowest BCUT2D eigenvalue weighted by Gasteiger charge is -2.10. The highest BCUT2D eigenvalue weighted by Gasteiger charge is 2.14. The second-order valence-electron chi connectivity index (χ2n) is 3.46. The van der Waals surface area contributed by atoms with Crippen LogP contribution in [0.3, 0.4) is 0 Å². The average molecular weight is 228 g/mol. The van der Waals surface area contributed by atoms with Gasteiger partial charge in [-0.15, -0.1) is 0 Å². The number of aryl methyl sites for hydroxylation is 1. The molecule has 1 rings (SSSR count). The van der Waals surface area contributed by atoms with Gasteiger partial charge >= 0.3 is 0 Å². The van der Waals surface area contributed by atoms with Gasteiger partial charge in [0.25, 0.3) is 0 Å². The Bertz CT molecular complexity index is 388. The van der Waals surface area contributed by atoms with Crippen LogP contribution < -0.4 is 10.5 Å². The van der Waals surface area contributed by atoms with Gasteiger partial charge in [-0.25, -0.2) is 0 Å². The Morgan fingerprint density at radius 2 is 2.13 bits per heavy atom. The second-order valence-corrected chi connectivity index (χ2v) is 3.84. The highest BCUT2D eigenvalue weighted by atomic mass is 35.5. The second kappa shape index (κ2) is 4.64. The van der Waals surface area contributed by atoms with Crippen molar-refractivity contribution in [1.29, 1.82) is 0 Å². The molecule has 1 atom stereocenters. The first kappa shape index (κ1) is 12.0. The van der Waals surface area contributed by atoms with Crippen molar-refractivity contribution in [2.24, 2.45) is 5.73 Å². The van der Waals surface area contributed by atoms with E-state index in [9.17, 15) is 4.79 Å². The molecule has 0 radical (unpaired) electrons. The molecule has 3 nitrogen and oxygen atoms in total. The SMILES string of the molecule is COc1cc(C(=O)C(C)N)cc(C)c1Cl. The highest BCUT2D eigenvalue weighted by Crippen LogP contribution is 2.29. The van der Waals surface area contributed by atoms with Gasteiger partial charge < -0.3 is 10.5 Å². The average Bonchev–Trinajstić information content (AvgIpc) is 2.20. The highest BCUT2D eigenvalue weighted by molar-refractivity contribution is 6.33. The Hall–Kier alpha value is -1.06. The van der Waals surface area contributed by atoms with Crippen LogP contribution in [0.1, 0.15) is 22.8 Å². The molecule has 0 aliphatic rings. The van der Waals surface area contributed by atoms with Crippen LogP contribution in [0, 0.1) is 6.92 Å². The number of nitrogens with two attached hydrogens (primary N) is 1. The van der Waals surface area contributed by atoms with Crippen LogP contribution in [0.15, 0.2) is 12.1 Å². The molecule has 0 aromatic heterocycles. The van der Waals surface area contributed by atoms with Crippen molar-refractivity contribution in [2.45, 2.75) is 19.9 Å². The maximum atomic E-state index is 11.7. The van der Waals surface area contributed by atoms with Gasteiger partial charge in [0.2, 0.25) is 0 Å². The van der Waals surface area contributed by atoms with Crippen LogP contribution in [0.25, 0.3) is 0 Å². The van der Waals surface area contributed by atoms with Gasteiger partial charge in [0.1, 0.15) is 5.75 Å². The number of halogens is 1. The summed E-state index contributed by atoms with van der Waals surface area (Å²) in [7, 11) is 1.51. The lowest BCUT2D eigenvalue weighted by atomic mass is 10.0. The smallest absolute Gasteiger partial charge is 0.179 e. The first-order valence-corrected chi connectivity index (χ1v) is 4.99. The summed E-state index contributed by atoms with van der Waals surface area (Å²) in [6, 6.07) is 2.81. The Morgan fingerprint density at radius 3 is 2.60 bits per heavy atom. The standard InChI is InChI=1S/C11H14ClNO2/c1-6-4-8(11(14)7(2)13)5-9(15-3)10(6)12/h4-5,7H,13H2,1-3H3. The van der Waals surface area contributed by atoms with E-state index in [0.717, 1.165) is 5.56 Å². The summed E-state index contributed by atoms with van der Waals surface area (Å²) in [6.45, 7) is 3.47. The third-order valence-corrected chi connectivity index (χ3v) is 2.62. The molecule has 0 heterocycles. The lowest BCUT2D eigenvalue weighted by molar-refractivity contribution is 0.0967. The third kappa shape index (κ3) is 2.49. The zero-order valence-electron chi connectivity index (χ0n) is 9.00. The van der Waals surface area contributed by atoms with Crippen molar-refractivity contribution in [3.05, 3.63) is 28.3 Å². The summed E-state index contributed by atoms with van der Waals surface area (Å²) in [5, 5.41) is 0.527. The fraction of sp³-hybridized carbons (Fsp3) is 0.364. The Balaban J connectivity index is 3.22. The monoisotopic (exact) mass is 227 g/mol. The van der Waals surface area contributed by atoms with Crippen LogP contribution >= 0.6 is 11.6 Å².